The van der Waals surface area contributed by atoms with E-state index in [2.05, 4.69) is 21.7 Å². The Bertz CT molecular complexity index is 992. The van der Waals surface area contributed by atoms with Gasteiger partial charge in [0, 0.05) is 43.7 Å². The van der Waals surface area contributed by atoms with Crippen molar-refractivity contribution in [3.05, 3.63) is 66.5 Å². The Morgan fingerprint density at radius 3 is 2.53 bits per heavy atom. The number of nitrogens with zero attached hydrogens (tertiary/aromatic N) is 3. The zero-order valence-corrected chi connectivity index (χ0v) is 17.5. The van der Waals surface area contributed by atoms with Crippen LogP contribution in [-0.4, -0.2) is 47.7 Å². The molecule has 1 aromatic heterocycles. The number of imidazole rings is 1. The Balaban J connectivity index is 1.39. The largest absolute Gasteiger partial charge is 0.497 e. The predicted molar refractivity (Wildman–Crippen MR) is 116 cm³/mol. The molecule has 0 radical (unpaired) electrons. The number of methoxy groups -OCH3 is 2. The highest BCUT2D eigenvalue weighted by atomic mass is 16.5. The molecule has 0 spiro atoms. The minimum Gasteiger partial charge on any atom is -0.497 e. The molecule has 2 aromatic carbocycles. The average Bonchev–Trinajstić information content (AvgIpc) is 3.27. The van der Waals surface area contributed by atoms with Crippen LogP contribution in [-0.2, 0) is 6.54 Å². The van der Waals surface area contributed by atoms with Crippen molar-refractivity contribution in [1.82, 2.24) is 14.5 Å². The van der Waals surface area contributed by atoms with E-state index >= 15 is 0 Å². The van der Waals surface area contributed by atoms with Crippen LogP contribution in [0.3, 0.4) is 0 Å². The molecule has 0 saturated carbocycles. The Morgan fingerprint density at radius 2 is 1.83 bits per heavy atom. The van der Waals surface area contributed by atoms with Gasteiger partial charge in [0.15, 0.2) is 0 Å². The molecule has 156 valence electrons. The second-order valence-electron chi connectivity index (χ2n) is 7.57. The number of hydrogen-bond acceptors (Lipinski definition) is 4. The highest BCUT2D eigenvalue weighted by molar-refractivity contribution is 5.97. The molecule has 0 aliphatic carbocycles. The Hall–Kier alpha value is -3.28. The zero-order chi connectivity index (χ0) is 20.9. The molecule has 4 rings (SSSR count). The van der Waals surface area contributed by atoms with Crippen LogP contribution in [0.5, 0.6) is 11.5 Å². The van der Waals surface area contributed by atoms with Gasteiger partial charge >= 0.3 is 0 Å². The molecule has 1 amide bonds. The lowest BCUT2D eigenvalue weighted by atomic mass is 9.96. The van der Waals surface area contributed by atoms with Gasteiger partial charge in [0.2, 0.25) is 0 Å². The molecule has 6 heteroatoms. The molecule has 0 N–H and O–H groups in total. The van der Waals surface area contributed by atoms with Crippen LogP contribution in [0.25, 0.3) is 11.4 Å². The van der Waals surface area contributed by atoms with Crippen LogP contribution in [0, 0.1) is 5.92 Å². The molecule has 1 aliphatic rings. The molecule has 1 fully saturated rings. The van der Waals surface area contributed by atoms with Gasteiger partial charge in [-0.1, -0.05) is 30.3 Å². The van der Waals surface area contributed by atoms with E-state index in [0.717, 1.165) is 43.9 Å². The molecule has 2 heterocycles. The van der Waals surface area contributed by atoms with Crippen molar-refractivity contribution in [2.75, 3.05) is 27.3 Å². The number of benzene rings is 2. The minimum absolute atomic E-state index is 0.0144. The summed E-state index contributed by atoms with van der Waals surface area (Å²) in [5.41, 5.74) is 1.71. The number of aromatic nitrogens is 2. The van der Waals surface area contributed by atoms with E-state index in [1.807, 2.05) is 35.5 Å². The van der Waals surface area contributed by atoms with Gasteiger partial charge < -0.3 is 18.9 Å². The van der Waals surface area contributed by atoms with E-state index < -0.39 is 0 Å². The first kappa shape index (κ1) is 20.0. The number of carbonyl (C=O) groups excluding carboxylic acids is 1. The number of carbonyl (C=O) groups is 1. The van der Waals surface area contributed by atoms with E-state index in [9.17, 15) is 4.79 Å². The van der Waals surface area contributed by atoms with Crippen molar-refractivity contribution in [3.8, 4) is 22.9 Å². The third kappa shape index (κ3) is 4.17. The van der Waals surface area contributed by atoms with E-state index in [0.29, 0.717) is 23.0 Å². The normalized spacial score (nSPS) is 14.5. The summed E-state index contributed by atoms with van der Waals surface area (Å²) >= 11 is 0. The molecule has 3 aromatic rings. The van der Waals surface area contributed by atoms with Gasteiger partial charge in [-0.15, -0.1) is 0 Å². The molecule has 0 bridgehead atoms. The molecule has 6 nitrogen and oxygen atoms in total. The van der Waals surface area contributed by atoms with Crippen molar-refractivity contribution in [2.45, 2.75) is 19.4 Å². The maximum atomic E-state index is 13.0. The van der Waals surface area contributed by atoms with Gasteiger partial charge in [-0.25, -0.2) is 4.98 Å². The van der Waals surface area contributed by atoms with E-state index in [1.165, 1.54) is 0 Å². The number of rotatable bonds is 6. The highest BCUT2D eigenvalue weighted by Gasteiger charge is 2.26. The molecule has 1 aliphatic heterocycles. The van der Waals surface area contributed by atoms with Gasteiger partial charge in [-0.05, 0) is 30.9 Å². The summed E-state index contributed by atoms with van der Waals surface area (Å²) in [4.78, 5) is 19.5. The maximum Gasteiger partial charge on any atom is 0.257 e. The number of piperidine rings is 1. The van der Waals surface area contributed by atoms with E-state index in [4.69, 9.17) is 9.47 Å². The summed E-state index contributed by atoms with van der Waals surface area (Å²) < 4.78 is 12.9. The highest BCUT2D eigenvalue weighted by Crippen LogP contribution is 2.28. The summed E-state index contributed by atoms with van der Waals surface area (Å²) in [6, 6.07) is 15.6. The Kier molecular flexibility index (Phi) is 6.02. The monoisotopic (exact) mass is 405 g/mol. The van der Waals surface area contributed by atoms with Crippen LogP contribution in [0.1, 0.15) is 23.2 Å². The quantitative estimate of drug-likeness (QED) is 0.619. The lowest BCUT2D eigenvalue weighted by molar-refractivity contribution is 0.0679. The average molecular weight is 405 g/mol. The fraction of sp³-hybridized carbons (Fsp3) is 0.333. The summed E-state index contributed by atoms with van der Waals surface area (Å²) in [5, 5.41) is 0. The standard InChI is InChI=1S/C24H27N3O3/c1-29-20-8-9-21(22(16-20)30-2)24(28)26-13-10-18(11-14-26)17-27-15-12-25-23(27)19-6-4-3-5-7-19/h3-9,12,15-16,18H,10-11,13-14,17H2,1-2H3. The van der Waals surface area contributed by atoms with Gasteiger partial charge in [0.1, 0.15) is 17.3 Å². The van der Waals surface area contributed by atoms with E-state index in [1.54, 1.807) is 32.4 Å². The minimum atomic E-state index is 0.0144. The summed E-state index contributed by atoms with van der Waals surface area (Å²) in [6.07, 6.45) is 5.84. The van der Waals surface area contributed by atoms with Crippen LogP contribution in [0.15, 0.2) is 60.9 Å². The number of amides is 1. The summed E-state index contributed by atoms with van der Waals surface area (Å²) in [7, 11) is 3.18. The zero-order valence-electron chi connectivity index (χ0n) is 17.5. The van der Waals surface area contributed by atoms with Gasteiger partial charge in [-0.2, -0.15) is 0 Å². The molecule has 1 saturated heterocycles. The van der Waals surface area contributed by atoms with Crippen molar-refractivity contribution in [3.63, 3.8) is 0 Å². The van der Waals surface area contributed by atoms with Crippen LogP contribution in [0.4, 0.5) is 0 Å². The first-order chi connectivity index (χ1) is 14.7. The third-order valence-electron chi connectivity index (χ3n) is 5.74. The SMILES string of the molecule is COc1ccc(C(=O)N2CCC(Cn3ccnc3-c3ccccc3)CC2)c(OC)c1. The molecular formula is C24H27N3O3. The number of hydrogen-bond donors (Lipinski definition) is 0. The fourth-order valence-electron chi connectivity index (χ4n) is 4.05. The van der Waals surface area contributed by atoms with Crippen molar-refractivity contribution in [2.24, 2.45) is 5.92 Å². The number of ether oxygens (including phenoxy) is 2. The third-order valence-corrected chi connectivity index (χ3v) is 5.74. The van der Waals surface area contributed by atoms with Crippen molar-refractivity contribution in [1.29, 1.82) is 0 Å². The first-order valence-electron chi connectivity index (χ1n) is 10.3. The summed E-state index contributed by atoms with van der Waals surface area (Å²) in [5.74, 6) is 2.75. The van der Waals surface area contributed by atoms with Gasteiger partial charge in [0.25, 0.3) is 5.91 Å². The van der Waals surface area contributed by atoms with Crippen LogP contribution in [0.2, 0.25) is 0 Å². The van der Waals surface area contributed by atoms with Crippen molar-refractivity contribution < 1.29 is 14.3 Å². The molecular weight excluding hydrogens is 378 g/mol. The smallest absolute Gasteiger partial charge is 0.257 e. The van der Waals surface area contributed by atoms with Crippen LogP contribution >= 0.6 is 0 Å². The Morgan fingerprint density at radius 1 is 1.07 bits per heavy atom. The fourth-order valence-corrected chi connectivity index (χ4v) is 4.05. The van der Waals surface area contributed by atoms with Gasteiger partial charge in [-0.3, -0.25) is 4.79 Å². The second kappa shape index (κ2) is 9.03. The lowest BCUT2D eigenvalue weighted by Crippen LogP contribution is -2.39. The van der Waals surface area contributed by atoms with E-state index in [-0.39, 0.29) is 5.91 Å². The molecule has 0 atom stereocenters. The molecule has 30 heavy (non-hydrogen) atoms. The topological polar surface area (TPSA) is 56.6 Å². The number of likely N-dealkylation sites (tertiary alicyclic amines) is 1. The van der Waals surface area contributed by atoms with Crippen LogP contribution < -0.4 is 9.47 Å². The summed E-state index contributed by atoms with van der Waals surface area (Å²) in [6.45, 7) is 2.40. The Labute approximate surface area is 177 Å². The first-order valence-corrected chi connectivity index (χ1v) is 10.3. The van der Waals surface area contributed by atoms with Crippen molar-refractivity contribution >= 4 is 5.91 Å². The second-order valence-corrected chi connectivity index (χ2v) is 7.57. The maximum absolute atomic E-state index is 13.0. The lowest BCUT2D eigenvalue weighted by Gasteiger charge is -2.32. The van der Waals surface area contributed by atoms with Gasteiger partial charge in [0.05, 0.1) is 19.8 Å². The molecule has 0 unspecified atom stereocenters. The predicted octanol–water partition coefficient (Wildman–Crippen LogP) is 4.12.